The van der Waals surface area contributed by atoms with E-state index in [4.69, 9.17) is 14.2 Å². The number of rotatable bonds is 2. The third-order valence-corrected chi connectivity index (χ3v) is 3.04. The largest absolute Gasteiger partial charge is 0.460 e. The minimum atomic E-state index is -0.289. The Morgan fingerprint density at radius 1 is 1.25 bits per heavy atom. The van der Waals surface area contributed by atoms with Crippen molar-refractivity contribution in [1.82, 2.24) is 0 Å². The Morgan fingerprint density at radius 2 is 1.94 bits per heavy atom. The summed E-state index contributed by atoms with van der Waals surface area (Å²) in [5.74, 6) is -0.551. The molecule has 5 heteroatoms. The number of hydrogen-bond donors (Lipinski definition) is 0. The van der Waals surface area contributed by atoms with Gasteiger partial charge >= 0.3 is 11.9 Å². The van der Waals surface area contributed by atoms with Crippen molar-refractivity contribution < 1.29 is 23.8 Å². The van der Waals surface area contributed by atoms with Crippen molar-refractivity contribution in [2.45, 2.75) is 50.9 Å². The minimum Gasteiger partial charge on any atom is -0.460 e. The molecule has 0 aromatic rings. The summed E-state index contributed by atoms with van der Waals surface area (Å²) in [5.41, 5.74) is -0.289. The lowest BCUT2D eigenvalue weighted by Gasteiger charge is -2.29. The molecule has 5 nitrogen and oxygen atoms in total. The molecule has 1 spiro atoms. The van der Waals surface area contributed by atoms with Crippen LogP contribution in [0.1, 0.15) is 33.1 Å². The molecule has 0 amide bonds. The topological polar surface area (TPSA) is 61.8 Å². The van der Waals surface area contributed by atoms with Gasteiger partial charge in [0, 0.05) is 20.3 Å². The summed E-state index contributed by atoms with van der Waals surface area (Å²) < 4.78 is 15.8. The molecule has 1 unspecified atom stereocenters. The molecule has 2 aliphatic rings. The van der Waals surface area contributed by atoms with Crippen LogP contribution in [0, 0.1) is 0 Å². The maximum Gasteiger partial charge on any atom is 0.303 e. The molecular formula is C11H16O5. The van der Waals surface area contributed by atoms with Gasteiger partial charge in [0.25, 0.3) is 0 Å². The van der Waals surface area contributed by atoms with Crippen LogP contribution in [0.2, 0.25) is 0 Å². The second kappa shape index (κ2) is 4.05. The zero-order valence-electron chi connectivity index (χ0n) is 9.52. The minimum absolute atomic E-state index is 0.108. The van der Waals surface area contributed by atoms with Gasteiger partial charge < -0.3 is 14.2 Å². The Bertz CT molecular complexity index is 303. The monoisotopic (exact) mass is 228 g/mol. The van der Waals surface area contributed by atoms with Gasteiger partial charge in [-0.3, -0.25) is 9.59 Å². The van der Waals surface area contributed by atoms with Crippen molar-refractivity contribution >= 4 is 11.9 Å². The molecule has 1 aliphatic heterocycles. The molecule has 0 bridgehead atoms. The second-order valence-corrected chi connectivity index (χ2v) is 4.45. The smallest absolute Gasteiger partial charge is 0.303 e. The summed E-state index contributed by atoms with van der Waals surface area (Å²) in [6.45, 7) is 3.19. The lowest BCUT2D eigenvalue weighted by Crippen LogP contribution is -2.36. The summed E-state index contributed by atoms with van der Waals surface area (Å²) in [6.07, 6.45) is 2.06. The number of carbonyl (C=O) groups excluding carboxylic acids is 2. The van der Waals surface area contributed by atoms with Gasteiger partial charge in [0.15, 0.2) is 0 Å². The van der Waals surface area contributed by atoms with Crippen molar-refractivity contribution in [3.8, 4) is 0 Å². The normalized spacial score (nSPS) is 36.9. The fraction of sp³-hybridized carbons (Fsp3) is 0.818. The first-order chi connectivity index (χ1) is 7.52. The molecule has 90 valence electrons. The predicted octanol–water partition coefficient (Wildman–Crippen LogP) is 0.803. The SMILES string of the molecule is CC(=O)OC1C[C@]12CC[C@H](OC(C)=O)CO2. The van der Waals surface area contributed by atoms with Gasteiger partial charge in [-0.25, -0.2) is 0 Å². The van der Waals surface area contributed by atoms with Crippen molar-refractivity contribution in [2.75, 3.05) is 6.61 Å². The van der Waals surface area contributed by atoms with E-state index in [0.717, 1.165) is 19.3 Å². The van der Waals surface area contributed by atoms with Gasteiger partial charge in [0.2, 0.25) is 0 Å². The highest BCUT2D eigenvalue weighted by Gasteiger charge is 2.60. The van der Waals surface area contributed by atoms with E-state index < -0.39 is 0 Å². The third kappa shape index (κ3) is 2.35. The van der Waals surface area contributed by atoms with Crippen LogP contribution in [0.15, 0.2) is 0 Å². The fourth-order valence-electron chi connectivity index (χ4n) is 2.17. The van der Waals surface area contributed by atoms with E-state index in [-0.39, 0.29) is 29.7 Å². The van der Waals surface area contributed by atoms with Crippen LogP contribution in [0.4, 0.5) is 0 Å². The summed E-state index contributed by atoms with van der Waals surface area (Å²) in [5, 5.41) is 0. The van der Waals surface area contributed by atoms with E-state index >= 15 is 0 Å². The summed E-state index contributed by atoms with van der Waals surface area (Å²) in [6, 6.07) is 0. The highest BCUT2D eigenvalue weighted by molar-refractivity contribution is 5.67. The van der Waals surface area contributed by atoms with Crippen LogP contribution < -0.4 is 0 Å². The van der Waals surface area contributed by atoms with E-state index in [1.165, 1.54) is 13.8 Å². The zero-order chi connectivity index (χ0) is 11.8. The van der Waals surface area contributed by atoms with Crippen LogP contribution >= 0.6 is 0 Å². The first kappa shape index (κ1) is 11.4. The molecule has 1 heterocycles. The van der Waals surface area contributed by atoms with Gasteiger partial charge in [-0.15, -0.1) is 0 Å². The molecule has 0 N–H and O–H groups in total. The predicted molar refractivity (Wildman–Crippen MR) is 53.6 cm³/mol. The maximum atomic E-state index is 10.8. The Labute approximate surface area is 94.0 Å². The molecule has 2 fully saturated rings. The molecule has 1 saturated heterocycles. The number of hydrogen-bond acceptors (Lipinski definition) is 5. The standard InChI is InChI=1S/C11H16O5/c1-7(12)15-9-3-4-11(14-6-9)5-10(11)16-8(2)13/h9-10H,3-6H2,1-2H3/t9-,10?,11+/m0/s1. The summed E-state index contributed by atoms with van der Waals surface area (Å²) >= 11 is 0. The highest BCUT2D eigenvalue weighted by Crippen LogP contribution is 2.49. The first-order valence-electron chi connectivity index (χ1n) is 5.50. The second-order valence-electron chi connectivity index (χ2n) is 4.45. The van der Waals surface area contributed by atoms with E-state index in [1.54, 1.807) is 0 Å². The van der Waals surface area contributed by atoms with Crippen LogP contribution in [-0.4, -0.2) is 36.4 Å². The van der Waals surface area contributed by atoms with Crippen LogP contribution in [0.25, 0.3) is 0 Å². The lowest BCUT2D eigenvalue weighted by atomic mass is 10.1. The molecule has 1 aliphatic carbocycles. The van der Waals surface area contributed by atoms with Crippen LogP contribution in [0.3, 0.4) is 0 Å². The zero-order valence-corrected chi connectivity index (χ0v) is 9.52. The Hall–Kier alpha value is -1.10. The molecule has 2 rings (SSSR count). The number of ether oxygens (including phenoxy) is 3. The van der Waals surface area contributed by atoms with E-state index in [1.807, 2.05) is 0 Å². The van der Waals surface area contributed by atoms with E-state index in [0.29, 0.717) is 6.61 Å². The number of esters is 2. The van der Waals surface area contributed by atoms with Crippen molar-refractivity contribution in [3.63, 3.8) is 0 Å². The third-order valence-electron chi connectivity index (χ3n) is 3.04. The molecular weight excluding hydrogens is 212 g/mol. The van der Waals surface area contributed by atoms with Gasteiger partial charge in [-0.1, -0.05) is 0 Å². The Morgan fingerprint density at radius 3 is 2.44 bits per heavy atom. The molecule has 1 saturated carbocycles. The Balaban J connectivity index is 1.78. The molecule has 0 aromatic heterocycles. The van der Waals surface area contributed by atoms with Crippen LogP contribution in [0.5, 0.6) is 0 Å². The average Bonchev–Trinajstić information content (AvgIpc) is 2.81. The van der Waals surface area contributed by atoms with Crippen molar-refractivity contribution in [3.05, 3.63) is 0 Å². The summed E-state index contributed by atoms with van der Waals surface area (Å²) in [4.78, 5) is 21.5. The van der Waals surface area contributed by atoms with Crippen molar-refractivity contribution in [1.29, 1.82) is 0 Å². The lowest BCUT2D eigenvalue weighted by molar-refractivity contribution is -0.162. The Kier molecular flexibility index (Phi) is 2.88. The molecule has 3 atom stereocenters. The van der Waals surface area contributed by atoms with E-state index in [2.05, 4.69) is 0 Å². The molecule has 0 radical (unpaired) electrons. The molecule has 0 aromatic carbocycles. The van der Waals surface area contributed by atoms with E-state index in [9.17, 15) is 9.59 Å². The van der Waals surface area contributed by atoms with Gasteiger partial charge in [-0.2, -0.15) is 0 Å². The van der Waals surface area contributed by atoms with Gasteiger partial charge in [-0.05, 0) is 12.8 Å². The van der Waals surface area contributed by atoms with Gasteiger partial charge in [0.1, 0.15) is 17.8 Å². The molecule has 16 heavy (non-hydrogen) atoms. The highest BCUT2D eigenvalue weighted by atomic mass is 16.6. The first-order valence-corrected chi connectivity index (χ1v) is 5.50. The quantitative estimate of drug-likeness (QED) is 0.654. The number of carbonyl (C=O) groups is 2. The average molecular weight is 228 g/mol. The fourth-order valence-corrected chi connectivity index (χ4v) is 2.17. The van der Waals surface area contributed by atoms with Gasteiger partial charge in [0.05, 0.1) is 6.61 Å². The summed E-state index contributed by atoms with van der Waals surface area (Å²) in [7, 11) is 0. The maximum absolute atomic E-state index is 10.8. The van der Waals surface area contributed by atoms with Crippen LogP contribution in [-0.2, 0) is 23.8 Å². The van der Waals surface area contributed by atoms with Crippen molar-refractivity contribution in [2.24, 2.45) is 0 Å².